The van der Waals surface area contributed by atoms with E-state index in [-0.39, 0.29) is 6.04 Å². The smallest absolute Gasteiger partial charge is 0.0705 e. The van der Waals surface area contributed by atoms with E-state index in [9.17, 15) is 0 Å². The van der Waals surface area contributed by atoms with E-state index in [2.05, 4.69) is 85.7 Å². The zero-order chi connectivity index (χ0) is 16.4. The van der Waals surface area contributed by atoms with E-state index in [1.54, 1.807) is 0 Å². The van der Waals surface area contributed by atoms with Crippen molar-refractivity contribution in [3.8, 4) is 0 Å². The second-order valence-corrected chi connectivity index (χ2v) is 7.08. The molecule has 1 fully saturated rings. The van der Waals surface area contributed by atoms with Crippen LogP contribution in [0.3, 0.4) is 0 Å². The van der Waals surface area contributed by atoms with E-state index in [1.807, 2.05) is 6.20 Å². The molecule has 1 N–H and O–H groups in total. The molecule has 1 unspecified atom stereocenters. The molecule has 1 aliphatic heterocycles. The molecule has 4 rings (SSSR count). The van der Waals surface area contributed by atoms with Gasteiger partial charge < -0.3 is 5.32 Å². The molecule has 122 valence electrons. The van der Waals surface area contributed by atoms with Crippen molar-refractivity contribution in [2.45, 2.75) is 6.04 Å². The molecule has 2 heterocycles. The number of hydrogen-bond acceptors (Lipinski definition) is 3. The highest BCUT2D eigenvalue weighted by molar-refractivity contribution is 9.10. The van der Waals surface area contributed by atoms with Gasteiger partial charge in [0, 0.05) is 42.2 Å². The van der Waals surface area contributed by atoms with Crippen LogP contribution >= 0.6 is 15.9 Å². The summed E-state index contributed by atoms with van der Waals surface area (Å²) < 4.78 is 1.12. The third-order valence-corrected chi connectivity index (χ3v) is 5.15. The molecule has 0 amide bonds. The molecule has 3 aromatic rings. The fraction of sp³-hybridized carbons (Fsp3) is 0.250. The Labute approximate surface area is 150 Å². The standard InChI is InChI=1S/C20H20BrN3/c21-16-5-3-4-15(14-16)20(24-12-10-22-11-13-24)18-8-9-23-19-7-2-1-6-17(18)19/h1-9,14,20,22H,10-13H2. The average Bonchev–Trinajstić information content (AvgIpc) is 2.63. The van der Waals surface area contributed by atoms with Crippen molar-refractivity contribution in [2.24, 2.45) is 0 Å². The molecule has 0 saturated carbocycles. The highest BCUT2D eigenvalue weighted by Gasteiger charge is 2.25. The number of fused-ring (bicyclic) bond motifs is 1. The van der Waals surface area contributed by atoms with Gasteiger partial charge in [-0.3, -0.25) is 9.88 Å². The van der Waals surface area contributed by atoms with Crippen molar-refractivity contribution >= 4 is 26.8 Å². The number of pyridine rings is 1. The van der Waals surface area contributed by atoms with E-state index < -0.39 is 0 Å². The number of nitrogens with one attached hydrogen (secondary N) is 1. The van der Waals surface area contributed by atoms with Gasteiger partial charge >= 0.3 is 0 Å². The average molecular weight is 382 g/mol. The maximum Gasteiger partial charge on any atom is 0.0705 e. The molecular formula is C20H20BrN3. The van der Waals surface area contributed by atoms with Crippen LogP contribution in [0.2, 0.25) is 0 Å². The lowest BCUT2D eigenvalue weighted by Crippen LogP contribution is -2.45. The summed E-state index contributed by atoms with van der Waals surface area (Å²) in [5.41, 5.74) is 3.72. The van der Waals surface area contributed by atoms with Crippen molar-refractivity contribution in [1.82, 2.24) is 15.2 Å². The first-order chi connectivity index (χ1) is 11.8. The number of benzene rings is 2. The maximum absolute atomic E-state index is 4.54. The van der Waals surface area contributed by atoms with Crippen LogP contribution in [0.5, 0.6) is 0 Å². The summed E-state index contributed by atoms with van der Waals surface area (Å²) in [6.45, 7) is 4.17. The van der Waals surface area contributed by atoms with Gasteiger partial charge in [0.15, 0.2) is 0 Å². The minimum absolute atomic E-state index is 0.248. The van der Waals surface area contributed by atoms with Crippen LogP contribution in [0.1, 0.15) is 17.2 Å². The van der Waals surface area contributed by atoms with Crippen LogP contribution in [-0.2, 0) is 0 Å². The number of aromatic nitrogens is 1. The second kappa shape index (κ2) is 7.01. The lowest BCUT2D eigenvalue weighted by molar-refractivity contribution is 0.199. The highest BCUT2D eigenvalue weighted by atomic mass is 79.9. The van der Waals surface area contributed by atoms with Crippen molar-refractivity contribution in [1.29, 1.82) is 0 Å². The molecule has 0 radical (unpaired) electrons. The van der Waals surface area contributed by atoms with Crippen LogP contribution < -0.4 is 5.32 Å². The molecule has 1 aliphatic rings. The Kier molecular flexibility index (Phi) is 4.60. The van der Waals surface area contributed by atoms with Gasteiger partial charge in [-0.2, -0.15) is 0 Å². The maximum atomic E-state index is 4.54. The van der Waals surface area contributed by atoms with Gasteiger partial charge in [0.05, 0.1) is 11.6 Å². The van der Waals surface area contributed by atoms with E-state index in [0.29, 0.717) is 0 Å². The lowest BCUT2D eigenvalue weighted by Gasteiger charge is -2.36. The molecule has 1 aromatic heterocycles. The van der Waals surface area contributed by atoms with E-state index in [1.165, 1.54) is 16.5 Å². The lowest BCUT2D eigenvalue weighted by atomic mass is 9.94. The number of nitrogens with zero attached hydrogens (tertiary/aromatic N) is 2. The van der Waals surface area contributed by atoms with Gasteiger partial charge in [-0.1, -0.05) is 46.3 Å². The second-order valence-electron chi connectivity index (χ2n) is 6.16. The summed E-state index contributed by atoms with van der Waals surface area (Å²) in [6.07, 6.45) is 1.94. The molecule has 24 heavy (non-hydrogen) atoms. The minimum atomic E-state index is 0.248. The number of piperazine rings is 1. The van der Waals surface area contributed by atoms with Gasteiger partial charge in [0.1, 0.15) is 0 Å². The van der Waals surface area contributed by atoms with Crippen molar-refractivity contribution < 1.29 is 0 Å². The Morgan fingerprint density at radius 1 is 1.00 bits per heavy atom. The number of hydrogen-bond donors (Lipinski definition) is 1. The quantitative estimate of drug-likeness (QED) is 0.743. The van der Waals surface area contributed by atoms with Crippen LogP contribution in [0, 0.1) is 0 Å². The van der Waals surface area contributed by atoms with Gasteiger partial charge in [0.2, 0.25) is 0 Å². The van der Waals surface area contributed by atoms with Crippen LogP contribution in [0.15, 0.2) is 65.3 Å². The summed E-state index contributed by atoms with van der Waals surface area (Å²) in [5.74, 6) is 0. The van der Waals surface area contributed by atoms with Crippen molar-refractivity contribution in [3.63, 3.8) is 0 Å². The van der Waals surface area contributed by atoms with E-state index in [0.717, 1.165) is 36.2 Å². The number of rotatable bonds is 3. The minimum Gasteiger partial charge on any atom is -0.314 e. The third-order valence-electron chi connectivity index (χ3n) is 4.66. The first kappa shape index (κ1) is 15.8. The van der Waals surface area contributed by atoms with Crippen LogP contribution in [-0.4, -0.2) is 36.1 Å². The molecule has 2 aromatic carbocycles. The number of halogens is 1. The molecular weight excluding hydrogens is 362 g/mol. The summed E-state index contributed by atoms with van der Waals surface area (Å²) in [5, 5.41) is 4.70. The summed E-state index contributed by atoms with van der Waals surface area (Å²) in [7, 11) is 0. The Morgan fingerprint density at radius 2 is 1.83 bits per heavy atom. The third kappa shape index (κ3) is 3.09. The normalized spacial score (nSPS) is 17.0. The predicted molar refractivity (Wildman–Crippen MR) is 102 cm³/mol. The first-order valence-corrected chi connectivity index (χ1v) is 9.16. The topological polar surface area (TPSA) is 28.2 Å². The summed E-state index contributed by atoms with van der Waals surface area (Å²) in [4.78, 5) is 7.11. The Bertz CT molecular complexity index is 838. The van der Waals surface area contributed by atoms with Gasteiger partial charge in [-0.15, -0.1) is 0 Å². The fourth-order valence-corrected chi connectivity index (χ4v) is 3.98. The Hall–Kier alpha value is -1.75. The molecule has 4 heteroatoms. The fourth-order valence-electron chi connectivity index (χ4n) is 3.56. The van der Waals surface area contributed by atoms with E-state index in [4.69, 9.17) is 0 Å². The zero-order valence-electron chi connectivity index (χ0n) is 13.5. The van der Waals surface area contributed by atoms with Crippen molar-refractivity contribution in [3.05, 3.63) is 76.4 Å². The van der Waals surface area contributed by atoms with Crippen LogP contribution in [0.4, 0.5) is 0 Å². The molecule has 0 spiro atoms. The SMILES string of the molecule is Brc1cccc(C(c2ccnc3ccccc23)N2CCNCC2)c1. The Balaban J connectivity index is 1.88. The predicted octanol–water partition coefficient (Wildman–Crippen LogP) is 3.99. The van der Waals surface area contributed by atoms with Gasteiger partial charge in [0.25, 0.3) is 0 Å². The highest BCUT2D eigenvalue weighted by Crippen LogP contribution is 2.34. The van der Waals surface area contributed by atoms with Gasteiger partial charge in [-0.25, -0.2) is 0 Å². The summed E-state index contributed by atoms with van der Waals surface area (Å²) in [6, 6.07) is 19.5. The first-order valence-electron chi connectivity index (χ1n) is 8.37. The number of para-hydroxylation sites is 1. The monoisotopic (exact) mass is 381 g/mol. The summed E-state index contributed by atoms with van der Waals surface area (Å²) >= 11 is 3.63. The molecule has 1 saturated heterocycles. The van der Waals surface area contributed by atoms with Crippen LogP contribution in [0.25, 0.3) is 10.9 Å². The Morgan fingerprint density at radius 3 is 2.67 bits per heavy atom. The molecule has 3 nitrogen and oxygen atoms in total. The van der Waals surface area contributed by atoms with Crippen molar-refractivity contribution in [2.75, 3.05) is 26.2 Å². The van der Waals surface area contributed by atoms with Gasteiger partial charge in [-0.05, 0) is 35.4 Å². The zero-order valence-corrected chi connectivity index (χ0v) is 15.0. The molecule has 0 aliphatic carbocycles. The van der Waals surface area contributed by atoms with E-state index >= 15 is 0 Å². The molecule has 0 bridgehead atoms. The largest absolute Gasteiger partial charge is 0.314 e. The molecule has 1 atom stereocenters.